The minimum Gasteiger partial charge on any atom is -0.365 e. The Kier molecular flexibility index (Phi) is 1.58. The Morgan fingerprint density at radius 1 is 1.00 bits per heavy atom. The van der Waals surface area contributed by atoms with Crippen LogP contribution in [0.3, 0.4) is 0 Å². The van der Waals surface area contributed by atoms with Gasteiger partial charge in [0.25, 0.3) is 0 Å². The van der Waals surface area contributed by atoms with Gasteiger partial charge in [-0.05, 0) is 31.6 Å². The second kappa shape index (κ2) is 2.48. The monoisotopic (exact) mass is 182 g/mol. The van der Waals surface area contributed by atoms with Crippen molar-refractivity contribution in [3.8, 4) is 0 Å². The van der Waals surface area contributed by atoms with E-state index in [0.717, 1.165) is 25.2 Å². The molecule has 0 radical (unpaired) electrons. The lowest BCUT2D eigenvalue weighted by Gasteiger charge is -2.46. The molecule has 0 aromatic carbocycles. The Labute approximate surface area is 79.3 Å². The quantitative estimate of drug-likeness (QED) is 0.622. The molecular formula is C11H18O2. The number of fused-ring (bicyclic) bond motifs is 1. The highest BCUT2D eigenvalue weighted by Crippen LogP contribution is 2.55. The minimum atomic E-state index is -0.728. The molecule has 3 fully saturated rings. The van der Waals surface area contributed by atoms with E-state index in [9.17, 15) is 5.11 Å². The molecule has 1 aliphatic carbocycles. The molecule has 3 rings (SSSR count). The highest BCUT2D eigenvalue weighted by Gasteiger charge is 2.56. The first kappa shape index (κ1) is 8.25. The summed E-state index contributed by atoms with van der Waals surface area (Å²) < 4.78 is 5.93. The summed E-state index contributed by atoms with van der Waals surface area (Å²) in [5.41, 5.74) is 0.102. The van der Waals surface area contributed by atoms with Gasteiger partial charge in [0, 0.05) is 12.8 Å². The Bertz CT molecular complexity index is 224. The molecule has 74 valence electrons. The molecule has 13 heavy (non-hydrogen) atoms. The molecule has 1 N–H and O–H groups in total. The average molecular weight is 182 g/mol. The maximum atomic E-state index is 10.0. The SMILES string of the molecule is O[C@]12CC[C@H]3CCCC[C@@]3(CC1)O2. The smallest absolute Gasteiger partial charge is 0.166 e. The zero-order valence-electron chi connectivity index (χ0n) is 8.09. The molecule has 3 aliphatic rings. The number of hydrogen-bond donors (Lipinski definition) is 1. The van der Waals surface area contributed by atoms with Crippen LogP contribution in [-0.4, -0.2) is 16.5 Å². The second-order valence-corrected chi connectivity index (χ2v) is 5.09. The third-order valence-corrected chi connectivity index (χ3v) is 4.36. The van der Waals surface area contributed by atoms with E-state index in [0.29, 0.717) is 0 Å². The van der Waals surface area contributed by atoms with Crippen molar-refractivity contribution in [2.24, 2.45) is 5.92 Å². The lowest BCUT2D eigenvalue weighted by molar-refractivity contribution is -0.272. The van der Waals surface area contributed by atoms with E-state index in [2.05, 4.69) is 0 Å². The second-order valence-electron chi connectivity index (χ2n) is 5.09. The molecule has 3 atom stereocenters. The Hall–Kier alpha value is -0.0800. The van der Waals surface area contributed by atoms with Crippen molar-refractivity contribution in [2.75, 3.05) is 0 Å². The summed E-state index contributed by atoms with van der Waals surface area (Å²) in [4.78, 5) is 0. The van der Waals surface area contributed by atoms with Gasteiger partial charge < -0.3 is 9.84 Å². The van der Waals surface area contributed by atoms with Gasteiger partial charge in [-0.1, -0.05) is 12.8 Å². The summed E-state index contributed by atoms with van der Waals surface area (Å²) in [7, 11) is 0. The van der Waals surface area contributed by atoms with Crippen LogP contribution in [0.25, 0.3) is 0 Å². The van der Waals surface area contributed by atoms with Crippen molar-refractivity contribution in [3.63, 3.8) is 0 Å². The standard InChI is InChI=1S/C11H18O2/c12-11-6-4-9-3-1-2-5-10(9,13-11)7-8-11/h9,12H,1-8H2/t9-,10+,11+/m1/s1. The van der Waals surface area contributed by atoms with Gasteiger partial charge >= 0.3 is 0 Å². The first-order valence-electron chi connectivity index (χ1n) is 5.65. The Balaban J connectivity index is 1.90. The highest BCUT2D eigenvalue weighted by atomic mass is 16.6. The lowest BCUT2D eigenvalue weighted by atomic mass is 9.72. The molecule has 2 nitrogen and oxygen atoms in total. The fourth-order valence-corrected chi connectivity index (χ4v) is 3.62. The molecule has 1 saturated carbocycles. The van der Waals surface area contributed by atoms with E-state index in [-0.39, 0.29) is 5.60 Å². The fourth-order valence-electron chi connectivity index (χ4n) is 3.62. The predicted molar refractivity (Wildman–Crippen MR) is 49.2 cm³/mol. The van der Waals surface area contributed by atoms with Crippen LogP contribution in [0.15, 0.2) is 0 Å². The largest absolute Gasteiger partial charge is 0.365 e. The van der Waals surface area contributed by atoms with E-state index in [1.165, 1.54) is 32.1 Å². The van der Waals surface area contributed by atoms with Crippen molar-refractivity contribution in [1.29, 1.82) is 0 Å². The van der Waals surface area contributed by atoms with E-state index >= 15 is 0 Å². The summed E-state index contributed by atoms with van der Waals surface area (Å²) >= 11 is 0. The Morgan fingerprint density at radius 2 is 1.92 bits per heavy atom. The minimum absolute atomic E-state index is 0.102. The molecule has 1 spiro atoms. The van der Waals surface area contributed by atoms with Gasteiger partial charge in [0.1, 0.15) is 0 Å². The molecule has 0 amide bonds. The normalized spacial score (nSPS) is 54.7. The van der Waals surface area contributed by atoms with Crippen LogP contribution in [0.4, 0.5) is 0 Å². The van der Waals surface area contributed by atoms with Crippen molar-refractivity contribution in [1.82, 2.24) is 0 Å². The summed E-state index contributed by atoms with van der Waals surface area (Å²) in [5.74, 6) is 0.0254. The Morgan fingerprint density at radius 3 is 2.85 bits per heavy atom. The summed E-state index contributed by atoms with van der Waals surface area (Å²) in [5, 5.41) is 10.0. The van der Waals surface area contributed by atoms with E-state index < -0.39 is 5.79 Å². The summed E-state index contributed by atoms with van der Waals surface area (Å²) in [6.07, 6.45) is 9.24. The topological polar surface area (TPSA) is 29.5 Å². The number of hydrogen-bond acceptors (Lipinski definition) is 2. The number of rotatable bonds is 0. The maximum absolute atomic E-state index is 10.0. The first-order chi connectivity index (χ1) is 6.23. The molecule has 0 aromatic rings. The third-order valence-electron chi connectivity index (χ3n) is 4.36. The van der Waals surface area contributed by atoms with Gasteiger partial charge in [0.2, 0.25) is 0 Å². The van der Waals surface area contributed by atoms with Crippen molar-refractivity contribution >= 4 is 0 Å². The van der Waals surface area contributed by atoms with Gasteiger partial charge in [-0.2, -0.15) is 0 Å². The molecular weight excluding hydrogens is 164 g/mol. The van der Waals surface area contributed by atoms with Crippen LogP contribution in [0.5, 0.6) is 0 Å². The third kappa shape index (κ3) is 1.08. The molecule has 2 aliphatic heterocycles. The average Bonchev–Trinajstić information content (AvgIpc) is 2.38. The van der Waals surface area contributed by atoms with E-state index in [4.69, 9.17) is 4.74 Å². The fraction of sp³-hybridized carbons (Fsp3) is 1.00. The van der Waals surface area contributed by atoms with Gasteiger partial charge in [0.15, 0.2) is 5.79 Å². The van der Waals surface area contributed by atoms with E-state index in [1.54, 1.807) is 0 Å². The zero-order chi connectivity index (χ0) is 8.94. The van der Waals surface area contributed by atoms with Crippen LogP contribution < -0.4 is 0 Å². The van der Waals surface area contributed by atoms with Crippen LogP contribution in [0.2, 0.25) is 0 Å². The maximum Gasteiger partial charge on any atom is 0.166 e. The zero-order valence-corrected chi connectivity index (χ0v) is 8.09. The molecule has 0 aromatic heterocycles. The van der Waals surface area contributed by atoms with Gasteiger partial charge in [-0.25, -0.2) is 0 Å². The van der Waals surface area contributed by atoms with Crippen molar-refractivity contribution < 1.29 is 9.84 Å². The number of aliphatic hydroxyl groups is 1. The molecule has 2 bridgehead atoms. The summed E-state index contributed by atoms with van der Waals surface area (Å²) in [6, 6.07) is 0. The molecule has 2 heterocycles. The van der Waals surface area contributed by atoms with Crippen LogP contribution in [0.1, 0.15) is 51.4 Å². The van der Waals surface area contributed by atoms with Crippen LogP contribution in [0, 0.1) is 5.92 Å². The summed E-state index contributed by atoms with van der Waals surface area (Å²) in [6.45, 7) is 0. The molecule has 2 heteroatoms. The van der Waals surface area contributed by atoms with Gasteiger partial charge in [-0.3, -0.25) is 0 Å². The molecule has 0 unspecified atom stereocenters. The predicted octanol–water partition coefficient (Wildman–Crippen LogP) is 2.21. The lowest BCUT2D eigenvalue weighted by Crippen LogP contribution is -2.48. The van der Waals surface area contributed by atoms with Crippen LogP contribution >= 0.6 is 0 Å². The first-order valence-corrected chi connectivity index (χ1v) is 5.65. The molecule has 2 saturated heterocycles. The van der Waals surface area contributed by atoms with E-state index in [1.807, 2.05) is 0 Å². The van der Waals surface area contributed by atoms with Crippen molar-refractivity contribution in [3.05, 3.63) is 0 Å². The van der Waals surface area contributed by atoms with Crippen LogP contribution in [-0.2, 0) is 4.74 Å². The number of ether oxygens (including phenoxy) is 1. The van der Waals surface area contributed by atoms with Crippen molar-refractivity contribution in [2.45, 2.75) is 62.8 Å². The van der Waals surface area contributed by atoms with Gasteiger partial charge in [-0.15, -0.1) is 0 Å². The van der Waals surface area contributed by atoms with Gasteiger partial charge in [0.05, 0.1) is 5.60 Å². The highest BCUT2D eigenvalue weighted by molar-refractivity contribution is 5.02.